The topological polar surface area (TPSA) is 55.8 Å². The third-order valence-electron chi connectivity index (χ3n) is 2.57. The quantitative estimate of drug-likeness (QED) is 0.716. The van der Waals surface area contributed by atoms with Crippen LogP contribution in [0.15, 0.2) is 12.2 Å². The lowest BCUT2D eigenvalue weighted by atomic mass is 9.92. The molecule has 0 aromatic carbocycles. The first-order valence-electron chi connectivity index (χ1n) is 5.93. The van der Waals surface area contributed by atoms with E-state index in [1.54, 1.807) is 0 Å². The van der Waals surface area contributed by atoms with Gasteiger partial charge in [-0.15, -0.1) is 0 Å². The molecule has 1 aliphatic rings. The highest BCUT2D eigenvalue weighted by molar-refractivity contribution is 5.98. The Labute approximate surface area is 108 Å². The number of amides is 1. The van der Waals surface area contributed by atoms with Crippen molar-refractivity contribution in [2.75, 3.05) is 26.8 Å². The first-order chi connectivity index (χ1) is 8.24. The van der Waals surface area contributed by atoms with Crippen LogP contribution in [0.4, 0.5) is 4.79 Å². The second-order valence-corrected chi connectivity index (χ2v) is 5.48. The van der Waals surface area contributed by atoms with Crippen molar-refractivity contribution in [3.8, 4) is 0 Å². The standard InChI is InChI=1S/C13H21NO4/c1-9(8-17-5)11(15)10-6-14(7-10)12(16)18-13(2,3)4/h10H,1,6-8H2,2-5H3. The van der Waals surface area contributed by atoms with Gasteiger partial charge < -0.3 is 14.4 Å². The zero-order chi connectivity index (χ0) is 13.9. The summed E-state index contributed by atoms with van der Waals surface area (Å²) in [6, 6.07) is 0. The Morgan fingerprint density at radius 1 is 1.33 bits per heavy atom. The van der Waals surface area contributed by atoms with Crippen molar-refractivity contribution in [3.63, 3.8) is 0 Å². The summed E-state index contributed by atoms with van der Waals surface area (Å²) >= 11 is 0. The third kappa shape index (κ3) is 3.84. The Bertz CT molecular complexity index is 350. The number of carbonyl (C=O) groups excluding carboxylic acids is 2. The van der Waals surface area contributed by atoms with E-state index in [1.165, 1.54) is 12.0 Å². The highest BCUT2D eigenvalue weighted by Gasteiger charge is 2.38. The summed E-state index contributed by atoms with van der Waals surface area (Å²) in [5.41, 5.74) is -0.0578. The number of rotatable bonds is 4. The second-order valence-electron chi connectivity index (χ2n) is 5.48. The minimum atomic E-state index is -0.508. The number of ether oxygens (including phenoxy) is 2. The lowest BCUT2D eigenvalue weighted by molar-refractivity contribution is -0.124. The van der Waals surface area contributed by atoms with Crippen LogP contribution in [-0.4, -0.2) is 49.2 Å². The number of carbonyl (C=O) groups is 2. The lowest BCUT2D eigenvalue weighted by Crippen LogP contribution is -2.54. The summed E-state index contributed by atoms with van der Waals surface area (Å²) in [4.78, 5) is 25.0. The van der Waals surface area contributed by atoms with Crippen molar-refractivity contribution in [2.24, 2.45) is 5.92 Å². The van der Waals surface area contributed by atoms with Gasteiger partial charge in [0.05, 0.1) is 12.5 Å². The van der Waals surface area contributed by atoms with Crippen LogP contribution < -0.4 is 0 Å². The molecule has 18 heavy (non-hydrogen) atoms. The van der Waals surface area contributed by atoms with Crippen molar-refractivity contribution in [1.29, 1.82) is 0 Å². The number of Topliss-reactive ketones (excluding diaryl/α,β-unsaturated/α-hetero) is 1. The van der Waals surface area contributed by atoms with Crippen LogP contribution in [-0.2, 0) is 14.3 Å². The Morgan fingerprint density at radius 3 is 2.33 bits per heavy atom. The van der Waals surface area contributed by atoms with Crippen LogP contribution in [0.3, 0.4) is 0 Å². The van der Waals surface area contributed by atoms with Crippen LogP contribution in [0.2, 0.25) is 0 Å². The van der Waals surface area contributed by atoms with Gasteiger partial charge in [0.1, 0.15) is 5.60 Å². The third-order valence-corrected chi connectivity index (χ3v) is 2.57. The Morgan fingerprint density at radius 2 is 1.89 bits per heavy atom. The van der Waals surface area contributed by atoms with Gasteiger partial charge in [-0.05, 0) is 20.8 Å². The van der Waals surface area contributed by atoms with Gasteiger partial charge in [0.2, 0.25) is 0 Å². The zero-order valence-electron chi connectivity index (χ0n) is 11.5. The molecule has 5 heteroatoms. The predicted molar refractivity (Wildman–Crippen MR) is 67.3 cm³/mol. The van der Waals surface area contributed by atoms with E-state index in [0.717, 1.165) is 0 Å². The molecule has 0 bridgehead atoms. The molecule has 1 amide bonds. The van der Waals surface area contributed by atoms with E-state index in [4.69, 9.17) is 9.47 Å². The van der Waals surface area contributed by atoms with Crippen LogP contribution in [0.5, 0.6) is 0 Å². The molecule has 1 saturated heterocycles. The van der Waals surface area contributed by atoms with Crippen molar-refractivity contribution in [1.82, 2.24) is 4.90 Å². The van der Waals surface area contributed by atoms with Gasteiger partial charge in [-0.1, -0.05) is 6.58 Å². The molecule has 1 fully saturated rings. The number of likely N-dealkylation sites (tertiary alicyclic amines) is 1. The molecule has 0 radical (unpaired) electrons. The Hall–Kier alpha value is -1.36. The average molecular weight is 255 g/mol. The number of ketones is 1. The maximum Gasteiger partial charge on any atom is 0.410 e. The molecule has 102 valence electrons. The maximum absolute atomic E-state index is 11.8. The molecule has 1 heterocycles. The minimum Gasteiger partial charge on any atom is -0.444 e. The number of hydrogen-bond acceptors (Lipinski definition) is 4. The van der Waals surface area contributed by atoms with E-state index < -0.39 is 5.60 Å². The van der Waals surface area contributed by atoms with Gasteiger partial charge >= 0.3 is 6.09 Å². The van der Waals surface area contributed by atoms with E-state index in [-0.39, 0.29) is 24.4 Å². The highest BCUT2D eigenvalue weighted by atomic mass is 16.6. The molecule has 1 aliphatic heterocycles. The molecular formula is C13H21NO4. The molecule has 0 unspecified atom stereocenters. The van der Waals surface area contributed by atoms with Crippen molar-refractivity contribution in [2.45, 2.75) is 26.4 Å². The van der Waals surface area contributed by atoms with Crippen LogP contribution in [0.25, 0.3) is 0 Å². The number of nitrogens with zero attached hydrogens (tertiary/aromatic N) is 1. The van der Waals surface area contributed by atoms with Gasteiger partial charge in [-0.2, -0.15) is 0 Å². The fourth-order valence-electron chi connectivity index (χ4n) is 1.65. The Balaban J connectivity index is 2.38. The van der Waals surface area contributed by atoms with Crippen LogP contribution in [0.1, 0.15) is 20.8 Å². The monoisotopic (exact) mass is 255 g/mol. The summed E-state index contributed by atoms with van der Waals surface area (Å²) < 4.78 is 10.1. The van der Waals surface area contributed by atoms with Crippen LogP contribution in [0, 0.1) is 5.92 Å². The summed E-state index contributed by atoms with van der Waals surface area (Å²) in [5.74, 6) is -0.197. The molecule has 0 aromatic heterocycles. The van der Waals surface area contributed by atoms with Gasteiger partial charge in [0, 0.05) is 25.8 Å². The number of methoxy groups -OCH3 is 1. The maximum atomic E-state index is 11.8. The summed E-state index contributed by atoms with van der Waals surface area (Å²) in [6.45, 7) is 10.1. The molecule has 0 aromatic rings. The van der Waals surface area contributed by atoms with Gasteiger partial charge in [0.15, 0.2) is 5.78 Å². The average Bonchev–Trinajstić information content (AvgIpc) is 2.12. The second kappa shape index (κ2) is 5.52. The van der Waals surface area contributed by atoms with Gasteiger partial charge in [0.25, 0.3) is 0 Å². The predicted octanol–water partition coefficient (Wildman–Crippen LogP) is 1.62. The molecule has 0 saturated carbocycles. The highest BCUT2D eigenvalue weighted by Crippen LogP contribution is 2.22. The van der Waals surface area contributed by atoms with E-state index in [2.05, 4.69) is 6.58 Å². The number of hydrogen-bond donors (Lipinski definition) is 0. The Kier molecular flexibility index (Phi) is 4.51. The minimum absolute atomic E-state index is 0.0309. The molecule has 0 atom stereocenters. The first kappa shape index (κ1) is 14.7. The fourth-order valence-corrected chi connectivity index (χ4v) is 1.65. The first-order valence-corrected chi connectivity index (χ1v) is 5.93. The van der Waals surface area contributed by atoms with E-state index in [1.807, 2.05) is 20.8 Å². The van der Waals surface area contributed by atoms with Gasteiger partial charge in [-0.3, -0.25) is 4.79 Å². The van der Waals surface area contributed by atoms with Gasteiger partial charge in [-0.25, -0.2) is 4.79 Å². The molecular weight excluding hydrogens is 234 g/mol. The van der Waals surface area contributed by atoms with E-state index in [9.17, 15) is 9.59 Å². The SMILES string of the molecule is C=C(COC)C(=O)C1CN(C(=O)OC(C)(C)C)C1. The van der Waals surface area contributed by atoms with Crippen molar-refractivity contribution in [3.05, 3.63) is 12.2 Å². The normalized spacial score (nSPS) is 16.1. The summed E-state index contributed by atoms with van der Waals surface area (Å²) in [6.07, 6.45) is -0.371. The smallest absolute Gasteiger partial charge is 0.410 e. The van der Waals surface area contributed by atoms with E-state index in [0.29, 0.717) is 18.7 Å². The molecule has 0 aliphatic carbocycles. The lowest BCUT2D eigenvalue weighted by Gasteiger charge is -2.39. The summed E-state index contributed by atoms with van der Waals surface area (Å²) in [7, 11) is 1.52. The van der Waals surface area contributed by atoms with E-state index >= 15 is 0 Å². The fraction of sp³-hybridized carbons (Fsp3) is 0.692. The van der Waals surface area contributed by atoms with Crippen LogP contribution >= 0.6 is 0 Å². The largest absolute Gasteiger partial charge is 0.444 e. The molecule has 1 rings (SSSR count). The van der Waals surface area contributed by atoms with Crippen molar-refractivity contribution >= 4 is 11.9 Å². The zero-order valence-corrected chi connectivity index (χ0v) is 11.5. The molecule has 5 nitrogen and oxygen atoms in total. The molecule has 0 spiro atoms. The summed E-state index contributed by atoms with van der Waals surface area (Å²) in [5, 5.41) is 0. The van der Waals surface area contributed by atoms with Crippen molar-refractivity contribution < 1.29 is 19.1 Å². The molecule has 0 N–H and O–H groups in total.